The monoisotopic (exact) mass is 345 g/mol. The summed E-state index contributed by atoms with van der Waals surface area (Å²) in [6.45, 7) is 7.67. The predicted octanol–water partition coefficient (Wildman–Crippen LogP) is 3.08. The minimum Gasteiger partial charge on any atom is -0.444 e. The number of likely N-dealkylation sites (N-methyl/N-ethyl adjacent to an activating group) is 1. The van der Waals surface area contributed by atoms with E-state index in [0.717, 1.165) is 16.5 Å². The van der Waals surface area contributed by atoms with Gasteiger partial charge in [-0.25, -0.2) is 4.79 Å². The van der Waals surface area contributed by atoms with Crippen molar-refractivity contribution in [1.82, 2.24) is 15.2 Å². The summed E-state index contributed by atoms with van der Waals surface area (Å²) in [5, 5.41) is 3.76. The fourth-order valence-electron chi connectivity index (χ4n) is 2.49. The van der Waals surface area contributed by atoms with Gasteiger partial charge >= 0.3 is 6.09 Å². The van der Waals surface area contributed by atoms with Crippen LogP contribution in [0.4, 0.5) is 4.79 Å². The second kappa shape index (κ2) is 7.59. The van der Waals surface area contributed by atoms with Crippen molar-refractivity contribution in [2.75, 3.05) is 13.6 Å². The number of benzene rings is 1. The summed E-state index contributed by atoms with van der Waals surface area (Å²) >= 11 is 0. The molecular formula is C19H27N3O3. The number of H-pyrrole nitrogens is 1. The highest BCUT2D eigenvalue weighted by molar-refractivity contribution is 5.88. The molecule has 0 fully saturated rings. The van der Waals surface area contributed by atoms with Gasteiger partial charge in [-0.1, -0.05) is 18.2 Å². The molecule has 1 aromatic carbocycles. The second-order valence-corrected chi connectivity index (χ2v) is 7.27. The lowest BCUT2D eigenvalue weighted by Gasteiger charge is -2.26. The molecule has 6 heteroatoms. The molecule has 1 unspecified atom stereocenters. The minimum atomic E-state index is -0.537. The highest BCUT2D eigenvalue weighted by Crippen LogP contribution is 2.18. The van der Waals surface area contributed by atoms with E-state index in [1.54, 1.807) is 11.9 Å². The lowest BCUT2D eigenvalue weighted by Crippen LogP contribution is -2.44. The van der Waals surface area contributed by atoms with Crippen molar-refractivity contribution in [1.29, 1.82) is 0 Å². The second-order valence-electron chi connectivity index (χ2n) is 7.27. The van der Waals surface area contributed by atoms with E-state index in [0.29, 0.717) is 13.0 Å². The number of alkyl carbamates (subject to hydrolysis) is 1. The van der Waals surface area contributed by atoms with Crippen LogP contribution < -0.4 is 5.32 Å². The zero-order valence-corrected chi connectivity index (χ0v) is 15.6. The van der Waals surface area contributed by atoms with E-state index in [2.05, 4.69) is 10.3 Å². The first-order chi connectivity index (χ1) is 11.7. The number of ether oxygens (including phenoxy) is 1. The molecule has 0 aliphatic carbocycles. The molecule has 25 heavy (non-hydrogen) atoms. The molecule has 0 aliphatic heterocycles. The molecule has 1 atom stereocenters. The molecule has 2 amide bonds. The Balaban J connectivity index is 1.89. The molecule has 6 nitrogen and oxygen atoms in total. The first-order valence-corrected chi connectivity index (χ1v) is 8.45. The van der Waals surface area contributed by atoms with Crippen LogP contribution in [0.2, 0.25) is 0 Å². The first-order valence-electron chi connectivity index (χ1n) is 8.45. The quantitative estimate of drug-likeness (QED) is 0.874. The molecule has 2 N–H and O–H groups in total. The molecule has 0 saturated carbocycles. The van der Waals surface area contributed by atoms with Gasteiger partial charge in [-0.2, -0.15) is 0 Å². The summed E-state index contributed by atoms with van der Waals surface area (Å²) < 4.78 is 5.20. The number of hydrogen-bond acceptors (Lipinski definition) is 3. The molecule has 0 saturated heterocycles. The van der Waals surface area contributed by atoms with Crippen LogP contribution in [-0.2, 0) is 16.0 Å². The number of rotatable bonds is 5. The van der Waals surface area contributed by atoms with Crippen LogP contribution in [0.5, 0.6) is 0 Å². The van der Waals surface area contributed by atoms with Crippen molar-refractivity contribution in [2.45, 2.75) is 45.8 Å². The largest absolute Gasteiger partial charge is 0.444 e. The Bertz CT molecular complexity index is 746. The summed E-state index contributed by atoms with van der Waals surface area (Å²) in [4.78, 5) is 29.1. The van der Waals surface area contributed by atoms with Crippen LogP contribution >= 0.6 is 0 Å². The number of fused-ring (bicyclic) bond motifs is 1. The first kappa shape index (κ1) is 18.8. The molecule has 0 spiro atoms. The summed E-state index contributed by atoms with van der Waals surface area (Å²) in [5.74, 6) is 0.00300. The van der Waals surface area contributed by atoms with Gasteiger partial charge in [0, 0.05) is 36.7 Å². The maximum absolute atomic E-state index is 12.5. The third-order valence-electron chi connectivity index (χ3n) is 4.01. The van der Waals surface area contributed by atoms with Gasteiger partial charge < -0.3 is 19.9 Å². The molecule has 2 aromatic rings. The van der Waals surface area contributed by atoms with Gasteiger partial charge in [0.25, 0.3) is 0 Å². The Hall–Kier alpha value is -2.50. The number of amides is 2. The van der Waals surface area contributed by atoms with Gasteiger partial charge in [0.05, 0.1) is 6.42 Å². The number of nitrogens with one attached hydrogen (secondary N) is 2. The molecule has 1 aromatic heterocycles. The lowest BCUT2D eigenvalue weighted by molar-refractivity contribution is -0.130. The standard InChI is InChI=1S/C19H27N3O3/c1-13(11-21-18(24)25-19(2,3)4)22(5)17(23)10-14-12-20-16-9-7-6-8-15(14)16/h6-9,12-13,20H,10-11H2,1-5H3,(H,21,24). The number of carbonyl (C=O) groups excluding carboxylic acids is 2. The van der Waals surface area contributed by atoms with Crippen LogP contribution in [-0.4, -0.2) is 47.1 Å². The fourth-order valence-corrected chi connectivity index (χ4v) is 2.49. The number of aromatic amines is 1. The van der Waals surface area contributed by atoms with Crippen molar-refractivity contribution in [3.8, 4) is 0 Å². The van der Waals surface area contributed by atoms with E-state index in [9.17, 15) is 9.59 Å². The number of carbonyl (C=O) groups is 2. The van der Waals surface area contributed by atoms with Crippen molar-refractivity contribution < 1.29 is 14.3 Å². The van der Waals surface area contributed by atoms with E-state index >= 15 is 0 Å². The summed E-state index contributed by atoms with van der Waals surface area (Å²) in [7, 11) is 1.75. The normalized spacial score (nSPS) is 12.7. The zero-order chi connectivity index (χ0) is 18.6. The van der Waals surface area contributed by atoms with E-state index in [4.69, 9.17) is 4.74 Å². The molecule has 136 valence electrons. The SMILES string of the molecule is CC(CNC(=O)OC(C)(C)C)N(C)C(=O)Cc1c[nH]c2ccccc12. The Morgan fingerprint density at radius 2 is 1.96 bits per heavy atom. The van der Waals surface area contributed by atoms with E-state index in [1.165, 1.54) is 0 Å². The summed E-state index contributed by atoms with van der Waals surface area (Å²) in [5.41, 5.74) is 1.46. The third-order valence-corrected chi connectivity index (χ3v) is 4.01. The van der Waals surface area contributed by atoms with Crippen LogP contribution in [0.1, 0.15) is 33.3 Å². The lowest BCUT2D eigenvalue weighted by atomic mass is 10.1. The number of para-hydroxylation sites is 1. The minimum absolute atomic E-state index is 0.00300. The van der Waals surface area contributed by atoms with Crippen LogP contribution in [0.3, 0.4) is 0 Å². The topological polar surface area (TPSA) is 74.4 Å². The van der Waals surface area contributed by atoms with Gasteiger partial charge in [-0.3, -0.25) is 4.79 Å². The Morgan fingerprint density at radius 3 is 2.64 bits per heavy atom. The number of hydrogen-bond donors (Lipinski definition) is 2. The summed E-state index contributed by atoms with van der Waals surface area (Å²) in [6.07, 6.45) is 1.72. The van der Waals surface area contributed by atoms with Crippen LogP contribution in [0.25, 0.3) is 10.9 Å². The average Bonchev–Trinajstić information content (AvgIpc) is 2.93. The molecular weight excluding hydrogens is 318 g/mol. The van der Waals surface area contributed by atoms with Crippen molar-refractivity contribution in [3.63, 3.8) is 0 Å². The fraction of sp³-hybridized carbons (Fsp3) is 0.474. The van der Waals surface area contributed by atoms with E-state index < -0.39 is 11.7 Å². The van der Waals surface area contributed by atoms with Gasteiger partial charge in [0.1, 0.15) is 5.60 Å². The van der Waals surface area contributed by atoms with Gasteiger partial charge in [-0.05, 0) is 39.3 Å². The molecule has 2 rings (SSSR count). The smallest absolute Gasteiger partial charge is 0.407 e. The molecule has 0 radical (unpaired) electrons. The van der Waals surface area contributed by atoms with E-state index in [-0.39, 0.29) is 11.9 Å². The highest BCUT2D eigenvalue weighted by atomic mass is 16.6. The van der Waals surface area contributed by atoms with Crippen LogP contribution in [0, 0.1) is 0 Å². The number of nitrogens with zero attached hydrogens (tertiary/aromatic N) is 1. The Labute approximate surface area is 148 Å². The van der Waals surface area contributed by atoms with Crippen molar-refractivity contribution in [2.24, 2.45) is 0 Å². The van der Waals surface area contributed by atoms with Crippen LogP contribution in [0.15, 0.2) is 30.5 Å². The average molecular weight is 345 g/mol. The third kappa shape index (κ3) is 5.24. The highest BCUT2D eigenvalue weighted by Gasteiger charge is 2.20. The molecule has 0 aliphatic rings. The Morgan fingerprint density at radius 1 is 1.28 bits per heavy atom. The van der Waals surface area contributed by atoms with Gasteiger partial charge in [0.2, 0.25) is 5.91 Å². The van der Waals surface area contributed by atoms with E-state index in [1.807, 2.05) is 58.2 Å². The zero-order valence-electron chi connectivity index (χ0n) is 15.6. The van der Waals surface area contributed by atoms with Crippen molar-refractivity contribution >= 4 is 22.9 Å². The molecule has 0 bridgehead atoms. The maximum Gasteiger partial charge on any atom is 0.407 e. The summed E-state index contributed by atoms with van der Waals surface area (Å²) in [6, 6.07) is 7.77. The van der Waals surface area contributed by atoms with Crippen molar-refractivity contribution in [3.05, 3.63) is 36.0 Å². The Kier molecular flexibility index (Phi) is 5.72. The predicted molar refractivity (Wildman–Crippen MR) is 98.5 cm³/mol. The maximum atomic E-state index is 12.5. The van der Waals surface area contributed by atoms with Gasteiger partial charge in [-0.15, -0.1) is 0 Å². The molecule has 1 heterocycles. The van der Waals surface area contributed by atoms with Gasteiger partial charge in [0.15, 0.2) is 0 Å². The number of aromatic nitrogens is 1.